The fourth-order valence-electron chi connectivity index (χ4n) is 2.25. The molecule has 1 aromatic carbocycles. The van der Waals surface area contributed by atoms with Gasteiger partial charge >= 0.3 is 0 Å². The average molecular weight is 263 g/mol. The van der Waals surface area contributed by atoms with Gasteiger partial charge in [0.05, 0.1) is 6.10 Å². The minimum Gasteiger partial charge on any atom is -0.491 e. The van der Waals surface area contributed by atoms with Gasteiger partial charge in [-0.1, -0.05) is 45.4 Å². The lowest BCUT2D eigenvalue weighted by atomic mass is 9.91. The molecule has 0 heterocycles. The number of nitrogens with one attached hydrogen (secondary N) is 1. The minimum absolute atomic E-state index is 0.213. The lowest BCUT2D eigenvalue weighted by Gasteiger charge is -2.27. The third-order valence-corrected chi connectivity index (χ3v) is 3.44. The number of benzene rings is 1. The summed E-state index contributed by atoms with van der Waals surface area (Å²) in [6, 6.07) is 8.80. The third-order valence-electron chi connectivity index (χ3n) is 3.44. The predicted molar refractivity (Wildman–Crippen MR) is 82.7 cm³/mol. The molecule has 0 bridgehead atoms. The molecule has 2 atom stereocenters. The van der Waals surface area contributed by atoms with Gasteiger partial charge in [-0.3, -0.25) is 0 Å². The molecule has 0 saturated carbocycles. The molecule has 0 spiro atoms. The van der Waals surface area contributed by atoms with E-state index in [-0.39, 0.29) is 6.10 Å². The third kappa shape index (κ3) is 4.87. The Balaban J connectivity index is 2.99. The molecule has 0 aliphatic rings. The standard InChI is InChI=1S/C17H29NO/c1-6-12-18-17(14(5)7-2)15-10-8-9-11-16(15)19-13(3)4/h8-11,13-14,17-18H,6-7,12H2,1-5H3. The van der Waals surface area contributed by atoms with Crippen LogP contribution in [0.15, 0.2) is 24.3 Å². The summed E-state index contributed by atoms with van der Waals surface area (Å²) < 4.78 is 5.96. The van der Waals surface area contributed by atoms with Crippen LogP contribution in [0.5, 0.6) is 5.75 Å². The summed E-state index contributed by atoms with van der Waals surface area (Å²) in [4.78, 5) is 0. The smallest absolute Gasteiger partial charge is 0.124 e. The second-order valence-corrected chi connectivity index (χ2v) is 5.52. The quantitative estimate of drug-likeness (QED) is 0.742. The van der Waals surface area contributed by atoms with Crippen LogP contribution in [0.1, 0.15) is 59.1 Å². The van der Waals surface area contributed by atoms with Gasteiger partial charge in [-0.15, -0.1) is 0 Å². The maximum atomic E-state index is 5.96. The van der Waals surface area contributed by atoms with E-state index in [0.29, 0.717) is 12.0 Å². The Morgan fingerprint density at radius 1 is 1.11 bits per heavy atom. The van der Waals surface area contributed by atoms with Crippen LogP contribution in [-0.4, -0.2) is 12.6 Å². The summed E-state index contributed by atoms with van der Waals surface area (Å²) in [6.45, 7) is 12.0. The van der Waals surface area contributed by atoms with E-state index in [1.54, 1.807) is 0 Å². The van der Waals surface area contributed by atoms with Crippen LogP contribution >= 0.6 is 0 Å². The van der Waals surface area contributed by atoms with Gasteiger partial charge < -0.3 is 10.1 Å². The van der Waals surface area contributed by atoms with Gasteiger partial charge in [0, 0.05) is 11.6 Å². The van der Waals surface area contributed by atoms with Gasteiger partial charge in [-0.05, 0) is 38.8 Å². The summed E-state index contributed by atoms with van der Waals surface area (Å²) in [7, 11) is 0. The first-order valence-electron chi connectivity index (χ1n) is 7.59. The Morgan fingerprint density at radius 2 is 1.79 bits per heavy atom. The molecule has 2 heteroatoms. The molecule has 1 aromatic rings. The van der Waals surface area contributed by atoms with E-state index in [1.807, 2.05) is 0 Å². The van der Waals surface area contributed by atoms with Crippen LogP contribution < -0.4 is 10.1 Å². The first-order chi connectivity index (χ1) is 9.10. The predicted octanol–water partition coefficient (Wildman–Crippen LogP) is 4.56. The summed E-state index contributed by atoms with van der Waals surface area (Å²) in [5.74, 6) is 1.62. The highest BCUT2D eigenvalue weighted by molar-refractivity contribution is 5.36. The van der Waals surface area contributed by atoms with Crippen LogP contribution in [0.4, 0.5) is 0 Å². The van der Waals surface area contributed by atoms with Gasteiger partial charge in [0.15, 0.2) is 0 Å². The first-order valence-corrected chi connectivity index (χ1v) is 7.59. The molecule has 0 aliphatic heterocycles. The van der Waals surface area contributed by atoms with Crippen LogP contribution in [0.3, 0.4) is 0 Å². The van der Waals surface area contributed by atoms with Crippen molar-refractivity contribution in [3.05, 3.63) is 29.8 Å². The molecule has 0 radical (unpaired) electrons. The fraction of sp³-hybridized carbons (Fsp3) is 0.647. The highest BCUT2D eigenvalue weighted by atomic mass is 16.5. The average Bonchev–Trinajstić information content (AvgIpc) is 2.39. The molecule has 1 rings (SSSR count). The Morgan fingerprint density at radius 3 is 2.37 bits per heavy atom. The Kier molecular flexibility index (Phi) is 6.93. The van der Waals surface area contributed by atoms with Gasteiger partial charge in [0.2, 0.25) is 0 Å². The van der Waals surface area contributed by atoms with E-state index in [4.69, 9.17) is 4.74 Å². The van der Waals surface area contributed by atoms with Gasteiger partial charge in [0.1, 0.15) is 5.75 Å². The van der Waals surface area contributed by atoms with Gasteiger partial charge in [-0.2, -0.15) is 0 Å². The Bertz CT molecular complexity index is 362. The number of rotatable bonds is 8. The maximum absolute atomic E-state index is 5.96. The van der Waals surface area contributed by atoms with E-state index in [0.717, 1.165) is 25.1 Å². The van der Waals surface area contributed by atoms with Crippen LogP contribution in [0.2, 0.25) is 0 Å². The van der Waals surface area contributed by atoms with E-state index in [9.17, 15) is 0 Å². The van der Waals surface area contributed by atoms with Gasteiger partial charge in [-0.25, -0.2) is 0 Å². The van der Waals surface area contributed by atoms with Crippen molar-refractivity contribution in [2.24, 2.45) is 5.92 Å². The lowest BCUT2D eigenvalue weighted by molar-refractivity contribution is 0.234. The fourth-order valence-corrected chi connectivity index (χ4v) is 2.25. The molecule has 0 aliphatic carbocycles. The first kappa shape index (κ1) is 16.0. The molecule has 1 N–H and O–H groups in total. The molecular weight excluding hydrogens is 234 g/mol. The topological polar surface area (TPSA) is 21.3 Å². The summed E-state index contributed by atoms with van der Waals surface area (Å²) in [5, 5.41) is 3.67. The van der Waals surface area contributed by atoms with Crippen molar-refractivity contribution in [1.29, 1.82) is 0 Å². The molecule has 108 valence electrons. The summed E-state index contributed by atoms with van der Waals surface area (Å²) >= 11 is 0. The van der Waals surface area contributed by atoms with Crippen molar-refractivity contribution < 1.29 is 4.74 Å². The molecule has 0 aromatic heterocycles. The molecule has 2 unspecified atom stereocenters. The zero-order valence-corrected chi connectivity index (χ0v) is 13.1. The Hall–Kier alpha value is -1.02. The second kappa shape index (κ2) is 8.21. The second-order valence-electron chi connectivity index (χ2n) is 5.52. The summed E-state index contributed by atoms with van der Waals surface area (Å²) in [6.07, 6.45) is 2.53. The SMILES string of the molecule is CCCNC(c1ccccc1OC(C)C)C(C)CC. The highest BCUT2D eigenvalue weighted by Crippen LogP contribution is 2.32. The van der Waals surface area contributed by atoms with Crippen molar-refractivity contribution in [2.45, 2.75) is 59.6 Å². The van der Waals surface area contributed by atoms with Crippen LogP contribution in [-0.2, 0) is 0 Å². The number of hydrogen-bond donors (Lipinski definition) is 1. The van der Waals surface area contributed by atoms with Crippen LogP contribution in [0, 0.1) is 5.92 Å². The Labute approximate surface area is 118 Å². The molecule has 0 saturated heterocycles. The van der Waals surface area contributed by atoms with E-state index < -0.39 is 0 Å². The zero-order valence-electron chi connectivity index (χ0n) is 13.1. The monoisotopic (exact) mass is 263 g/mol. The van der Waals surface area contributed by atoms with E-state index in [1.165, 1.54) is 5.56 Å². The minimum atomic E-state index is 0.213. The molecule has 19 heavy (non-hydrogen) atoms. The van der Waals surface area contributed by atoms with Gasteiger partial charge in [0.25, 0.3) is 0 Å². The van der Waals surface area contributed by atoms with E-state index in [2.05, 4.69) is 64.2 Å². The maximum Gasteiger partial charge on any atom is 0.124 e. The molecule has 0 amide bonds. The lowest BCUT2D eigenvalue weighted by Crippen LogP contribution is -2.28. The highest BCUT2D eigenvalue weighted by Gasteiger charge is 2.20. The van der Waals surface area contributed by atoms with Crippen molar-refractivity contribution >= 4 is 0 Å². The normalized spacial score (nSPS) is 14.4. The van der Waals surface area contributed by atoms with E-state index >= 15 is 0 Å². The number of para-hydroxylation sites is 1. The van der Waals surface area contributed by atoms with Crippen LogP contribution in [0.25, 0.3) is 0 Å². The largest absolute Gasteiger partial charge is 0.491 e. The molecule has 0 fully saturated rings. The molecule has 2 nitrogen and oxygen atoms in total. The zero-order chi connectivity index (χ0) is 14.3. The molecular formula is C17H29NO. The number of hydrogen-bond acceptors (Lipinski definition) is 2. The van der Waals surface area contributed by atoms with Crippen molar-refractivity contribution in [3.8, 4) is 5.75 Å². The number of ether oxygens (including phenoxy) is 1. The summed E-state index contributed by atoms with van der Waals surface area (Å²) in [5.41, 5.74) is 1.29. The van der Waals surface area contributed by atoms with Crippen molar-refractivity contribution in [1.82, 2.24) is 5.32 Å². The van der Waals surface area contributed by atoms with Crippen molar-refractivity contribution in [3.63, 3.8) is 0 Å². The van der Waals surface area contributed by atoms with Crippen molar-refractivity contribution in [2.75, 3.05) is 6.54 Å².